The summed E-state index contributed by atoms with van der Waals surface area (Å²) in [6.07, 6.45) is 1.22. The van der Waals surface area contributed by atoms with Gasteiger partial charge in [0, 0.05) is 12.2 Å². The molecular formula is C11H20O5. The molecule has 0 aromatic carbocycles. The molecule has 0 heterocycles. The molecule has 0 aliphatic carbocycles. The van der Waals surface area contributed by atoms with E-state index in [1.54, 1.807) is 13.8 Å². The van der Waals surface area contributed by atoms with Gasteiger partial charge in [0.05, 0.1) is 13.2 Å². The average molecular weight is 232 g/mol. The van der Waals surface area contributed by atoms with E-state index in [0.717, 1.165) is 12.8 Å². The Kier molecular flexibility index (Phi) is 8.80. The predicted octanol–water partition coefficient (Wildman–Crippen LogP) is 1.78. The van der Waals surface area contributed by atoms with Crippen molar-refractivity contribution in [1.29, 1.82) is 0 Å². The number of hydrogen-bond donors (Lipinski definition) is 1. The zero-order chi connectivity index (χ0) is 12.4. The Bertz CT molecular complexity index is 214. The van der Waals surface area contributed by atoms with Gasteiger partial charge in [-0.25, -0.2) is 9.68 Å². The van der Waals surface area contributed by atoms with Crippen LogP contribution in [0.15, 0.2) is 12.2 Å². The SMILES string of the molecule is C=C(C)C(=O)OCCCCOCC(C)OO. The first-order valence-electron chi connectivity index (χ1n) is 5.28. The van der Waals surface area contributed by atoms with Gasteiger partial charge >= 0.3 is 5.97 Å². The molecule has 5 heteroatoms. The smallest absolute Gasteiger partial charge is 0.333 e. The van der Waals surface area contributed by atoms with Crippen LogP contribution in [0.1, 0.15) is 26.7 Å². The first-order chi connectivity index (χ1) is 7.57. The van der Waals surface area contributed by atoms with E-state index < -0.39 is 0 Å². The maximum absolute atomic E-state index is 11.0. The summed E-state index contributed by atoms with van der Waals surface area (Å²) in [6, 6.07) is 0. The van der Waals surface area contributed by atoms with E-state index in [2.05, 4.69) is 11.5 Å². The number of unbranched alkanes of at least 4 members (excludes halogenated alkanes) is 1. The third kappa shape index (κ3) is 8.40. The van der Waals surface area contributed by atoms with Gasteiger partial charge < -0.3 is 9.47 Å². The lowest BCUT2D eigenvalue weighted by molar-refractivity contribution is -0.282. The van der Waals surface area contributed by atoms with Gasteiger partial charge in [0.15, 0.2) is 0 Å². The zero-order valence-electron chi connectivity index (χ0n) is 9.90. The minimum atomic E-state index is -0.358. The van der Waals surface area contributed by atoms with E-state index in [4.69, 9.17) is 14.7 Å². The number of ether oxygens (including phenoxy) is 2. The largest absolute Gasteiger partial charge is 0.462 e. The predicted molar refractivity (Wildman–Crippen MR) is 59.0 cm³/mol. The molecule has 1 N–H and O–H groups in total. The third-order valence-corrected chi connectivity index (χ3v) is 1.80. The van der Waals surface area contributed by atoms with Gasteiger partial charge in [0.2, 0.25) is 0 Å². The minimum absolute atomic E-state index is 0.318. The van der Waals surface area contributed by atoms with Crippen LogP contribution >= 0.6 is 0 Å². The fraction of sp³-hybridized carbons (Fsp3) is 0.727. The van der Waals surface area contributed by atoms with Crippen LogP contribution in [0.5, 0.6) is 0 Å². The highest BCUT2D eigenvalue weighted by Crippen LogP contribution is 1.97. The topological polar surface area (TPSA) is 65.0 Å². The second kappa shape index (κ2) is 9.33. The molecule has 0 rings (SSSR count). The first-order valence-corrected chi connectivity index (χ1v) is 5.28. The molecule has 0 aromatic rings. The van der Waals surface area contributed by atoms with Gasteiger partial charge in [-0.05, 0) is 26.7 Å². The van der Waals surface area contributed by atoms with Gasteiger partial charge in [-0.15, -0.1) is 0 Å². The van der Waals surface area contributed by atoms with E-state index in [0.29, 0.717) is 25.4 Å². The standard InChI is InChI=1S/C11H20O5/c1-9(2)11(12)15-7-5-4-6-14-8-10(3)16-13/h10,13H,1,4-8H2,2-3H3. The van der Waals surface area contributed by atoms with Crippen molar-refractivity contribution in [2.45, 2.75) is 32.8 Å². The zero-order valence-corrected chi connectivity index (χ0v) is 9.90. The summed E-state index contributed by atoms with van der Waals surface area (Å²) in [7, 11) is 0. The van der Waals surface area contributed by atoms with Crippen LogP contribution in [-0.4, -0.2) is 37.2 Å². The molecule has 1 atom stereocenters. The van der Waals surface area contributed by atoms with Crippen molar-refractivity contribution in [2.24, 2.45) is 0 Å². The molecule has 0 aromatic heterocycles. The fourth-order valence-electron chi connectivity index (χ4n) is 0.874. The van der Waals surface area contributed by atoms with Crippen molar-refractivity contribution in [1.82, 2.24) is 0 Å². The molecule has 0 amide bonds. The summed E-state index contributed by atoms with van der Waals surface area (Å²) in [4.78, 5) is 15.0. The molecule has 0 fully saturated rings. The number of rotatable bonds is 9. The van der Waals surface area contributed by atoms with E-state index in [1.165, 1.54) is 0 Å². The van der Waals surface area contributed by atoms with Crippen LogP contribution < -0.4 is 0 Å². The summed E-state index contributed by atoms with van der Waals surface area (Å²) in [5.41, 5.74) is 0.408. The maximum atomic E-state index is 11.0. The van der Waals surface area contributed by atoms with Crippen LogP contribution in [0.3, 0.4) is 0 Å². The molecule has 1 unspecified atom stereocenters. The number of carbonyl (C=O) groups excluding carboxylic acids is 1. The van der Waals surface area contributed by atoms with Gasteiger partial charge in [-0.1, -0.05) is 6.58 Å². The Labute approximate surface area is 95.9 Å². The van der Waals surface area contributed by atoms with Crippen molar-refractivity contribution in [2.75, 3.05) is 19.8 Å². The van der Waals surface area contributed by atoms with E-state index >= 15 is 0 Å². The van der Waals surface area contributed by atoms with E-state index in [1.807, 2.05) is 0 Å². The van der Waals surface area contributed by atoms with Crippen molar-refractivity contribution in [3.63, 3.8) is 0 Å². The molecule has 0 bridgehead atoms. The lowest BCUT2D eigenvalue weighted by Crippen LogP contribution is -2.14. The molecular weight excluding hydrogens is 212 g/mol. The summed E-state index contributed by atoms with van der Waals surface area (Å²) in [6.45, 7) is 8.07. The van der Waals surface area contributed by atoms with Crippen LogP contribution in [0.25, 0.3) is 0 Å². The van der Waals surface area contributed by atoms with Crippen LogP contribution in [-0.2, 0) is 19.2 Å². The summed E-state index contributed by atoms with van der Waals surface area (Å²) < 4.78 is 10.1. The summed E-state index contributed by atoms with van der Waals surface area (Å²) >= 11 is 0. The van der Waals surface area contributed by atoms with Crippen molar-refractivity contribution in [3.8, 4) is 0 Å². The number of carbonyl (C=O) groups is 1. The lowest BCUT2D eigenvalue weighted by atomic mass is 10.3. The Morgan fingerprint density at radius 2 is 2.00 bits per heavy atom. The lowest BCUT2D eigenvalue weighted by Gasteiger charge is -2.08. The van der Waals surface area contributed by atoms with Gasteiger partial charge in [0.25, 0.3) is 0 Å². The second-order valence-electron chi connectivity index (χ2n) is 3.61. The molecule has 0 aliphatic heterocycles. The number of hydrogen-bond acceptors (Lipinski definition) is 5. The Morgan fingerprint density at radius 1 is 1.38 bits per heavy atom. The average Bonchev–Trinajstić information content (AvgIpc) is 2.26. The normalized spacial score (nSPS) is 12.2. The van der Waals surface area contributed by atoms with Crippen molar-refractivity contribution in [3.05, 3.63) is 12.2 Å². The van der Waals surface area contributed by atoms with Gasteiger partial charge in [-0.2, -0.15) is 0 Å². The van der Waals surface area contributed by atoms with Crippen LogP contribution in [0.4, 0.5) is 0 Å². The molecule has 5 nitrogen and oxygen atoms in total. The Hall–Kier alpha value is -0.910. The van der Waals surface area contributed by atoms with E-state index in [-0.39, 0.29) is 12.1 Å². The highest BCUT2D eigenvalue weighted by molar-refractivity contribution is 5.86. The molecule has 94 valence electrons. The van der Waals surface area contributed by atoms with Crippen molar-refractivity contribution >= 4 is 5.97 Å². The first kappa shape index (κ1) is 15.1. The monoisotopic (exact) mass is 232 g/mol. The molecule has 0 spiro atoms. The fourth-order valence-corrected chi connectivity index (χ4v) is 0.874. The molecule has 16 heavy (non-hydrogen) atoms. The number of esters is 1. The van der Waals surface area contributed by atoms with E-state index in [9.17, 15) is 4.79 Å². The molecule has 0 saturated heterocycles. The molecule has 0 saturated carbocycles. The Balaban J connectivity index is 3.22. The summed E-state index contributed by atoms with van der Waals surface area (Å²) in [5, 5.41) is 8.24. The van der Waals surface area contributed by atoms with Crippen LogP contribution in [0.2, 0.25) is 0 Å². The van der Waals surface area contributed by atoms with Gasteiger partial charge in [-0.3, -0.25) is 5.26 Å². The Morgan fingerprint density at radius 3 is 2.56 bits per heavy atom. The van der Waals surface area contributed by atoms with Crippen molar-refractivity contribution < 1.29 is 24.4 Å². The summed E-state index contributed by atoms with van der Waals surface area (Å²) in [5.74, 6) is -0.358. The quantitative estimate of drug-likeness (QED) is 0.216. The second-order valence-corrected chi connectivity index (χ2v) is 3.61. The minimum Gasteiger partial charge on any atom is -0.462 e. The van der Waals surface area contributed by atoms with Crippen LogP contribution in [0, 0.1) is 0 Å². The highest BCUT2D eigenvalue weighted by atomic mass is 17.1. The third-order valence-electron chi connectivity index (χ3n) is 1.80. The molecule has 0 aliphatic rings. The molecule has 0 radical (unpaired) electrons. The highest BCUT2D eigenvalue weighted by Gasteiger charge is 2.02. The van der Waals surface area contributed by atoms with Gasteiger partial charge in [0.1, 0.15) is 6.10 Å². The maximum Gasteiger partial charge on any atom is 0.333 e.